The van der Waals surface area contributed by atoms with Gasteiger partial charge in [-0.2, -0.15) is 4.98 Å². The predicted octanol–water partition coefficient (Wildman–Crippen LogP) is 2.38. The second kappa shape index (κ2) is 8.66. The number of hydrogen-bond donors (Lipinski definition) is 2. The second-order valence-electron chi connectivity index (χ2n) is 7.41. The van der Waals surface area contributed by atoms with Crippen LogP contribution in [0, 0.1) is 0 Å². The molecule has 9 nitrogen and oxygen atoms in total. The van der Waals surface area contributed by atoms with Crippen LogP contribution in [-0.4, -0.2) is 59.5 Å². The van der Waals surface area contributed by atoms with Crippen molar-refractivity contribution < 1.29 is 14.3 Å². The summed E-state index contributed by atoms with van der Waals surface area (Å²) >= 11 is 0. The summed E-state index contributed by atoms with van der Waals surface area (Å²) in [5, 5.41) is 6.12. The molecule has 1 aromatic heterocycles. The Morgan fingerprint density at radius 1 is 1.20 bits per heavy atom. The van der Waals surface area contributed by atoms with Gasteiger partial charge in [0.05, 0.1) is 19.8 Å². The summed E-state index contributed by atoms with van der Waals surface area (Å²) in [6, 6.07) is 7.41. The van der Waals surface area contributed by atoms with Crippen LogP contribution in [0.3, 0.4) is 0 Å². The molecule has 0 aliphatic carbocycles. The minimum Gasteiger partial charge on any atom is -0.378 e. The van der Waals surface area contributed by atoms with Crippen molar-refractivity contribution in [1.29, 1.82) is 0 Å². The van der Waals surface area contributed by atoms with Crippen LogP contribution in [0.15, 0.2) is 24.3 Å². The highest BCUT2D eigenvalue weighted by atomic mass is 16.5. The standard InChI is InChI=1S/C21H26N6O3/c1-3-7-27-13-17-18(20(27)29)24-21(26-8-10-30-11-9-26)25-19(17)23-16-6-4-5-15(12-16)22-14(2)28/h4-6,12H,3,7-11,13H2,1-2H3,(H,22,28)(H,23,24,25). The summed E-state index contributed by atoms with van der Waals surface area (Å²) in [7, 11) is 0. The molecule has 0 spiro atoms. The van der Waals surface area contributed by atoms with E-state index in [0.29, 0.717) is 62.5 Å². The highest BCUT2D eigenvalue weighted by Crippen LogP contribution is 2.31. The number of morpholine rings is 1. The first-order valence-electron chi connectivity index (χ1n) is 10.2. The van der Waals surface area contributed by atoms with Crippen LogP contribution in [0.25, 0.3) is 0 Å². The van der Waals surface area contributed by atoms with Crippen molar-refractivity contribution in [3.63, 3.8) is 0 Å². The zero-order valence-electron chi connectivity index (χ0n) is 17.3. The second-order valence-corrected chi connectivity index (χ2v) is 7.41. The molecular weight excluding hydrogens is 384 g/mol. The van der Waals surface area contributed by atoms with Crippen molar-refractivity contribution in [2.24, 2.45) is 0 Å². The van der Waals surface area contributed by atoms with Gasteiger partial charge in [0.1, 0.15) is 11.5 Å². The topological polar surface area (TPSA) is 99.7 Å². The SMILES string of the molecule is CCCN1Cc2c(Nc3cccc(NC(C)=O)c3)nc(N3CCOCC3)nc2C1=O. The van der Waals surface area contributed by atoms with E-state index < -0.39 is 0 Å². The molecule has 2 aromatic rings. The van der Waals surface area contributed by atoms with Gasteiger partial charge in [0, 0.05) is 43.5 Å². The molecule has 9 heteroatoms. The summed E-state index contributed by atoms with van der Waals surface area (Å²) in [6.07, 6.45) is 0.880. The Morgan fingerprint density at radius 3 is 2.70 bits per heavy atom. The minimum absolute atomic E-state index is 0.0567. The average Bonchev–Trinajstić information content (AvgIpc) is 3.05. The highest BCUT2D eigenvalue weighted by molar-refractivity contribution is 5.98. The Kier molecular flexibility index (Phi) is 5.80. The molecule has 2 amide bonds. The molecule has 2 aliphatic heterocycles. The van der Waals surface area contributed by atoms with E-state index in [0.717, 1.165) is 17.7 Å². The first-order chi connectivity index (χ1) is 14.5. The number of anilines is 4. The normalized spacial score (nSPS) is 15.9. The first-order valence-corrected chi connectivity index (χ1v) is 10.2. The van der Waals surface area contributed by atoms with Gasteiger partial charge in [-0.05, 0) is 24.6 Å². The molecule has 2 N–H and O–H groups in total. The van der Waals surface area contributed by atoms with Gasteiger partial charge in [-0.25, -0.2) is 4.98 Å². The van der Waals surface area contributed by atoms with Crippen molar-refractivity contribution in [3.8, 4) is 0 Å². The largest absolute Gasteiger partial charge is 0.378 e. The number of amides is 2. The van der Waals surface area contributed by atoms with E-state index in [-0.39, 0.29) is 11.8 Å². The predicted molar refractivity (Wildman–Crippen MR) is 114 cm³/mol. The lowest BCUT2D eigenvalue weighted by atomic mass is 10.2. The lowest BCUT2D eigenvalue weighted by Gasteiger charge is -2.27. The van der Waals surface area contributed by atoms with Gasteiger partial charge in [-0.3, -0.25) is 9.59 Å². The van der Waals surface area contributed by atoms with Gasteiger partial charge in [0.25, 0.3) is 5.91 Å². The van der Waals surface area contributed by atoms with Crippen molar-refractivity contribution in [2.45, 2.75) is 26.8 Å². The Labute approximate surface area is 175 Å². The number of fused-ring (bicyclic) bond motifs is 1. The minimum atomic E-state index is -0.134. The average molecular weight is 410 g/mol. The van der Waals surface area contributed by atoms with E-state index in [1.807, 2.05) is 36.1 Å². The van der Waals surface area contributed by atoms with Gasteiger partial charge in [-0.15, -0.1) is 0 Å². The molecular formula is C21H26N6O3. The fraction of sp³-hybridized carbons (Fsp3) is 0.429. The molecule has 30 heavy (non-hydrogen) atoms. The van der Waals surface area contributed by atoms with Crippen LogP contribution in [-0.2, 0) is 16.1 Å². The third-order valence-electron chi connectivity index (χ3n) is 5.07. The van der Waals surface area contributed by atoms with Gasteiger partial charge in [0.15, 0.2) is 0 Å². The molecule has 1 saturated heterocycles. The third kappa shape index (κ3) is 4.20. The van der Waals surface area contributed by atoms with E-state index in [4.69, 9.17) is 9.72 Å². The molecule has 0 saturated carbocycles. The molecule has 2 aliphatic rings. The Morgan fingerprint density at radius 2 is 1.97 bits per heavy atom. The molecule has 0 radical (unpaired) electrons. The number of benzene rings is 1. The van der Waals surface area contributed by atoms with Gasteiger partial charge in [-0.1, -0.05) is 13.0 Å². The smallest absolute Gasteiger partial charge is 0.273 e. The molecule has 1 aromatic carbocycles. The highest BCUT2D eigenvalue weighted by Gasteiger charge is 2.33. The van der Waals surface area contributed by atoms with Crippen LogP contribution in [0.5, 0.6) is 0 Å². The van der Waals surface area contributed by atoms with Gasteiger partial charge < -0.3 is 25.2 Å². The number of nitrogens with zero attached hydrogens (tertiary/aromatic N) is 4. The van der Waals surface area contributed by atoms with Gasteiger partial charge in [0.2, 0.25) is 11.9 Å². The molecule has 0 unspecified atom stereocenters. The number of nitrogens with one attached hydrogen (secondary N) is 2. The summed E-state index contributed by atoms with van der Waals surface area (Å²) in [5.74, 6) is 0.960. The maximum absolute atomic E-state index is 12.9. The molecule has 158 valence electrons. The first kappa shape index (κ1) is 20.1. The zero-order valence-corrected chi connectivity index (χ0v) is 17.3. The fourth-order valence-corrected chi connectivity index (χ4v) is 3.68. The summed E-state index contributed by atoms with van der Waals surface area (Å²) < 4.78 is 5.43. The number of aromatic nitrogens is 2. The van der Waals surface area contributed by atoms with Crippen molar-refractivity contribution in [3.05, 3.63) is 35.5 Å². The summed E-state index contributed by atoms with van der Waals surface area (Å²) in [5.41, 5.74) is 2.72. The third-order valence-corrected chi connectivity index (χ3v) is 5.07. The maximum Gasteiger partial charge on any atom is 0.273 e. The lowest BCUT2D eigenvalue weighted by molar-refractivity contribution is -0.114. The van der Waals surface area contributed by atoms with Crippen LogP contribution >= 0.6 is 0 Å². The summed E-state index contributed by atoms with van der Waals surface area (Å²) in [4.78, 5) is 37.5. The monoisotopic (exact) mass is 410 g/mol. The van der Waals surface area contributed by atoms with Crippen molar-refractivity contribution in [2.75, 3.05) is 48.4 Å². The van der Waals surface area contributed by atoms with E-state index in [2.05, 4.69) is 15.6 Å². The number of ether oxygens (including phenoxy) is 1. The molecule has 3 heterocycles. The number of carbonyl (C=O) groups excluding carboxylic acids is 2. The number of hydrogen-bond acceptors (Lipinski definition) is 7. The summed E-state index contributed by atoms with van der Waals surface area (Å²) in [6.45, 7) is 7.27. The number of rotatable bonds is 6. The van der Waals surface area contributed by atoms with E-state index in [9.17, 15) is 9.59 Å². The maximum atomic E-state index is 12.9. The number of carbonyl (C=O) groups is 2. The zero-order chi connectivity index (χ0) is 21.1. The lowest BCUT2D eigenvalue weighted by Crippen LogP contribution is -2.37. The fourth-order valence-electron chi connectivity index (χ4n) is 3.68. The van der Waals surface area contributed by atoms with E-state index in [1.54, 1.807) is 4.90 Å². The quantitative estimate of drug-likeness (QED) is 0.754. The van der Waals surface area contributed by atoms with E-state index >= 15 is 0 Å². The van der Waals surface area contributed by atoms with Crippen LogP contribution in [0.2, 0.25) is 0 Å². The van der Waals surface area contributed by atoms with Crippen molar-refractivity contribution in [1.82, 2.24) is 14.9 Å². The van der Waals surface area contributed by atoms with Crippen molar-refractivity contribution >= 4 is 35.0 Å². The molecule has 4 rings (SSSR count). The van der Waals surface area contributed by atoms with Crippen LogP contribution < -0.4 is 15.5 Å². The van der Waals surface area contributed by atoms with Crippen LogP contribution in [0.1, 0.15) is 36.3 Å². The molecule has 0 bridgehead atoms. The van der Waals surface area contributed by atoms with Crippen LogP contribution in [0.4, 0.5) is 23.1 Å². The Hall–Kier alpha value is -3.20. The van der Waals surface area contributed by atoms with E-state index in [1.165, 1.54) is 6.92 Å². The molecule has 1 fully saturated rings. The Bertz CT molecular complexity index is 958. The molecule has 0 atom stereocenters. The Balaban J connectivity index is 1.69. The van der Waals surface area contributed by atoms with Gasteiger partial charge >= 0.3 is 0 Å².